The van der Waals surface area contributed by atoms with Crippen LogP contribution in [-0.4, -0.2) is 25.0 Å². The van der Waals surface area contributed by atoms with Crippen LogP contribution in [0.1, 0.15) is 31.4 Å². The highest BCUT2D eigenvalue weighted by molar-refractivity contribution is 6.30. The van der Waals surface area contributed by atoms with Gasteiger partial charge in [-0.1, -0.05) is 42.8 Å². The molecule has 0 unspecified atom stereocenters. The SMILES string of the molecule is CC[C@@H](NC(=O)CCN1C(=O)COc2ccccc21)c1ccc(Cl)cc1. The second-order valence-corrected chi connectivity index (χ2v) is 6.57. The Morgan fingerprint density at radius 3 is 2.69 bits per heavy atom. The maximum Gasteiger partial charge on any atom is 0.265 e. The Bertz CT molecular complexity index is 792. The van der Waals surface area contributed by atoms with Gasteiger partial charge in [-0.05, 0) is 36.2 Å². The number of rotatable bonds is 6. The fourth-order valence-corrected chi connectivity index (χ4v) is 3.12. The monoisotopic (exact) mass is 372 g/mol. The van der Waals surface area contributed by atoms with Gasteiger partial charge in [-0.15, -0.1) is 0 Å². The second kappa shape index (κ2) is 8.23. The Morgan fingerprint density at radius 1 is 1.23 bits per heavy atom. The number of carbonyl (C=O) groups is 2. The fraction of sp³-hybridized carbons (Fsp3) is 0.300. The molecule has 0 saturated heterocycles. The van der Waals surface area contributed by atoms with Crippen molar-refractivity contribution in [2.24, 2.45) is 0 Å². The highest BCUT2D eigenvalue weighted by Gasteiger charge is 2.25. The average molecular weight is 373 g/mol. The molecule has 0 aromatic heterocycles. The zero-order valence-corrected chi connectivity index (χ0v) is 15.3. The van der Waals surface area contributed by atoms with Gasteiger partial charge in [0.25, 0.3) is 5.91 Å². The maximum absolute atomic E-state index is 12.4. The summed E-state index contributed by atoms with van der Waals surface area (Å²) in [6.45, 7) is 2.34. The van der Waals surface area contributed by atoms with Crippen molar-refractivity contribution >= 4 is 29.1 Å². The lowest BCUT2D eigenvalue weighted by Gasteiger charge is -2.29. The fourth-order valence-electron chi connectivity index (χ4n) is 3.00. The molecule has 0 aliphatic carbocycles. The van der Waals surface area contributed by atoms with Crippen LogP contribution in [-0.2, 0) is 9.59 Å². The first-order chi connectivity index (χ1) is 12.6. The van der Waals surface area contributed by atoms with Gasteiger partial charge >= 0.3 is 0 Å². The lowest BCUT2D eigenvalue weighted by molar-refractivity contribution is -0.122. The van der Waals surface area contributed by atoms with Crippen LogP contribution in [0, 0.1) is 0 Å². The first-order valence-corrected chi connectivity index (χ1v) is 9.03. The molecule has 6 heteroatoms. The first-order valence-electron chi connectivity index (χ1n) is 8.65. The van der Waals surface area contributed by atoms with Crippen LogP contribution in [0.2, 0.25) is 5.02 Å². The van der Waals surface area contributed by atoms with E-state index >= 15 is 0 Å². The number of halogens is 1. The molecule has 1 N–H and O–H groups in total. The van der Waals surface area contributed by atoms with E-state index in [9.17, 15) is 9.59 Å². The quantitative estimate of drug-likeness (QED) is 0.840. The largest absolute Gasteiger partial charge is 0.482 e. The number of fused-ring (bicyclic) bond motifs is 1. The predicted molar refractivity (Wildman–Crippen MR) is 102 cm³/mol. The summed E-state index contributed by atoms with van der Waals surface area (Å²) < 4.78 is 5.42. The van der Waals surface area contributed by atoms with Crippen LogP contribution in [0.5, 0.6) is 5.75 Å². The van der Waals surface area contributed by atoms with E-state index in [2.05, 4.69) is 5.32 Å². The normalized spacial score (nSPS) is 14.4. The van der Waals surface area contributed by atoms with Crippen molar-refractivity contribution in [3.63, 3.8) is 0 Å². The summed E-state index contributed by atoms with van der Waals surface area (Å²) >= 11 is 5.92. The van der Waals surface area contributed by atoms with E-state index in [4.69, 9.17) is 16.3 Å². The van der Waals surface area contributed by atoms with Crippen molar-refractivity contribution in [2.45, 2.75) is 25.8 Å². The number of hydrogen-bond donors (Lipinski definition) is 1. The lowest BCUT2D eigenvalue weighted by atomic mass is 10.0. The summed E-state index contributed by atoms with van der Waals surface area (Å²) in [5.41, 5.74) is 1.72. The Labute approximate surface area is 157 Å². The van der Waals surface area contributed by atoms with Crippen LogP contribution in [0.4, 0.5) is 5.69 Å². The number of ether oxygens (including phenoxy) is 1. The van der Waals surface area contributed by atoms with Crippen LogP contribution in [0.15, 0.2) is 48.5 Å². The third-order valence-corrected chi connectivity index (χ3v) is 4.64. The van der Waals surface area contributed by atoms with Crippen molar-refractivity contribution in [1.82, 2.24) is 5.32 Å². The van der Waals surface area contributed by atoms with E-state index in [0.29, 0.717) is 23.0 Å². The molecule has 1 aliphatic heterocycles. The molecule has 0 saturated carbocycles. The number of nitrogens with zero attached hydrogens (tertiary/aromatic N) is 1. The van der Waals surface area contributed by atoms with E-state index in [1.165, 1.54) is 0 Å². The Kier molecular flexibility index (Phi) is 5.78. The summed E-state index contributed by atoms with van der Waals surface area (Å²) in [5, 5.41) is 3.70. The number of carbonyl (C=O) groups excluding carboxylic acids is 2. The third-order valence-electron chi connectivity index (χ3n) is 4.39. The molecule has 2 aromatic rings. The molecule has 2 amide bonds. The van der Waals surface area contributed by atoms with Crippen molar-refractivity contribution in [3.05, 3.63) is 59.1 Å². The van der Waals surface area contributed by atoms with Crippen LogP contribution in [0.3, 0.4) is 0 Å². The summed E-state index contributed by atoms with van der Waals surface area (Å²) in [4.78, 5) is 26.2. The van der Waals surface area contributed by atoms with Gasteiger partial charge in [-0.3, -0.25) is 9.59 Å². The van der Waals surface area contributed by atoms with Crippen molar-refractivity contribution in [3.8, 4) is 5.75 Å². The van der Waals surface area contributed by atoms with E-state index in [-0.39, 0.29) is 30.9 Å². The molecule has 5 nitrogen and oxygen atoms in total. The number of hydrogen-bond acceptors (Lipinski definition) is 3. The molecule has 0 bridgehead atoms. The minimum atomic E-state index is -0.138. The molecule has 0 fully saturated rings. The molecule has 0 radical (unpaired) electrons. The standard InChI is InChI=1S/C20H21ClN2O3/c1-2-16(14-7-9-15(21)10-8-14)22-19(24)11-12-23-17-5-3-4-6-18(17)26-13-20(23)25/h3-10,16H,2,11-13H2,1H3,(H,22,24)/t16-/m1/s1. The van der Waals surface area contributed by atoms with Gasteiger partial charge in [0.05, 0.1) is 11.7 Å². The summed E-state index contributed by atoms with van der Waals surface area (Å²) in [6.07, 6.45) is 0.997. The Balaban J connectivity index is 1.61. The molecule has 2 aromatic carbocycles. The minimum Gasteiger partial charge on any atom is -0.482 e. The van der Waals surface area contributed by atoms with Crippen LogP contribution < -0.4 is 15.0 Å². The average Bonchev–Trinajstić information content (AvgIpc) is 2.66. The number of benzene rings is 2. The summed E-state index contributed by atoms with van der Waals surface area (Å²) in [6, 6.07) is 14.7. The Hall–Kier alpha value is -2.53. The molecule has 0 spiro atoms. The molecular weight excluding hydrogens is 352 g/mol. The van der Waals surface area contributed by atoms with Gasteiger partial charge < -0.3 is 15.0 Å². The molecule has 26 heavy (non-hydrogen) atoms. The van der Waals surface area contributed by atoms with Crippen molar-refractivity contribution in [1.29, 1.82) is 0 Å². The van der Waals surface area contributed by atoms with Gasteiger partial charge in [0.1, 0.15) is 5.75 Å². The van der Waals surface area contributed by atoms with E-state index < -0.39 is 0 Å². The predicted octanol–water partition coefficient (Wildman–Crippen LogP) is 3.72. The van der Waals surface area contributed by atoms with E-state index in [1.54, 1.807) is 4.90 Å². The smallest absolute Gasteiger partial charge is 0.265 e. The number of para-hydroxylation sites is 2. The number of amides is 2. The zero-order valence-electron chi connectivity index (χ0n) is 14.6. The topological polar surface area (TPSA) is 58.6 Å². The van der Waals surface area contributed by atoms with Gasteiger partial charge in [-0.25, -0.2) is 0 Å². The summed E-state index contributed by atoms with van der Waals surface area (Å²) in [5.74, 6) is 0.435. The van der Waals surface area contributed by atoms with E-state index in [0.717, 1.165) is 12.0 Å². The van der Waals surface area contributed by atoms with Gasteiger partial charge in [0.15, 0.2) is 6.61 Å². The summed E-state index contributed by atoms with van der Waals surface area (Å²) in [7, 11) is 0. The Morgan fingerprint density at radius 2 is 1.96 bits per heavy atom. The first kappa shape index (κ1) is 18.3. The van der Waals surface area contributed by atoms with Gasteiger partial charge in [0.2, 0.25) is 5.91 Å². The number of anilines is 1. The highest BCUT2D eigenvalue weighted by atomic mass is 35.5. The van der Waals surface area contributed by atoms with Crippen LogP contribution in [0.25, 0.3) is 0 Å². The molecule has 1 aliphatic rings. The highest BCUT2D eigenvalue weighted by Crippen LogP contribution is 2.31. The lowest BCUT2D eigenvalue weighted by Crippen LogP contribution is -2.41. The molecule has 136 valence electrons. The number of nitrogens with one attached hydrogen (secondary N) is 1. The van der Waals surface area contributed by atoms with E-state index in [1.807, 2.05) is 55.5 Å². The molecule has 1 atom stereocenters. The van der Waals surface area contributed by atoms with Gasteiger partial charge in [0, 0.05) is 18.0 Å². The third kappa shape index (κ3) is 4.17. The molecule has 1 heterocycles. The van der Waals surface area contributed by atoms with Gasteiger partial charge in [-0.2, -0.15) is 0 Å². The van der Waals surface area contributed by atoms with Crippen LogP contribution >= 0.6 is 11.6 Å². The van der Waals surface area contributed by atoms with Crippen molar-refractivity contribution < 1.29 is 14.3 Å². The minimum absolute atomic E-state index is 0.000984. The second-order valence-electron chi connectivity index (χ2n) is 6.13. The van der Waals surface area contributed by atoms with Crippen molar-refractivity contribution in [2.75, 3.05) is 18.1 Å². The molecular formula is C20H21ClN2O3. The maximum atomic E-state index is 12.4. The zero-order chi connectivity index (χ0) is 18.5. The molecule has 3 rings (SSSR count).